The molecule has 3 aromatic carbocycles. The Hall–Kier alpha value is -3.51. The van der Waals surface area contributed by atoms with Gasteiger partial charge in [0.15, 0.2) is 5.78 Å². The summed E-state index contributed by atoms with van der Waals surface area (Å²) in [5.41, 5.74) is 5.40. The van der Waals surface area contributed by atoms with Crippen LogP contribution in [-0.2, 0) is 9.53 Å². The van der Waals surface area contributed by atoms with Crippen LogP contribution in [0.25, 0.3) is 0 Å². The molecule has 0 radical (unpaired) electrons. The molecule has 0 heterocycles. The minimum absolute atomic E-state index is 0.0631. The van der Waals surface area contributed by atoms with Crippen LogP contribution in [0.2, 0.25) is 0 Å². The first-order valence-electron chi connectivity index (χ1n) is 9.13. The van der Waals surface area contributed by atoms with Gasteiger partial charge in [0, 0.05) is 27.2 Å². The van der Waals surface area contributed by atoms with Crippen LogP contribution in [-0.4, -0.2) is 24.6 Å². The third kappa shape index (κ3) is 5.30. The third-order valence-electron chi connectivity index (χ3n) is 4.20. The average molecular weight is 463 g/mol. The molecule has 0 fully saturated rings. The Bertz CT molecular complexity index is 1090. The molecular weight excluding hydrogens is 444 g/mol. The number of halogens is 1. The van der Waals surface area contributed by atoms with Gasteiger partial charge in [-0.1, -0.05) is 94.8 Å². The highest BCUT2D eigenvalue weighted by molar-refractivity contribution is 9.10. The number of nitrogens with zero attached hydrogens (tertiary/aromatic N) is 1. The van der Waals surface area contributed by atoms with E-state index in [0.29, 0.717) is 11.3 Å². The zero-order valence-electron chi connectivity index (χ0n) is 16.2. The van der Waals surface area contributed by atoms with Crippen LogP contribution in [0.4, 0.5) is 0 Å². The Balaban J connectivity index is 2.00. The average Bonchev–Trinajstić information content (AvgIpc) is 2.80. The number of carbonyl (C=O) groups is 2. The van der Waals surface area contributed by atoms with Crippen LogP contribution < -0.4 is 5.43 Å². The number of benzene rings is 3. The van der Waals surface area contributed by atoms with Crippen molar-refractivity contribution in [1.82, 2.24) is 5.43 Å². The van der Waals surface area contributed by atoms with Gasteiger partial charge < -0.3 is 4.74 Å². The summed E-state index contributed by atoms with van der Waals surface area (Å²) >= 11 is 3.55. The molecule has 0 spiro atoms. The first-order valence-corrected chi connectivity index (χ1v) is 9.93. The molecule has 150 valence electrons. The molecule has 0 saturated heterocycles. The maximum Gasteiger partial charge on any atom is 0.356 e. The summed E-state index contributed by atoms with van der Waals surface area (Å²) in [7, 11) is 1.25. The lowest BCUT2D eigenvalue weighted by molar-refractivity contribution is -0.136. The molecule has 0 aliphatic rings. The summed E-state index contributed by atoms with van der Waals surface area (Å²) in [6.45, 7) is 0. The Morgan fingerprint density at radius 3 is 2.03 bits per heavy atom. The number of nitrogens with one attached hydrogen (secondary N) is 1. The van der Waals surface area contributed by atoms with E-state index in [1.54, 1.807) is 24.3 Å². The van der Waals surface area contributed by atoms with E-state index < -0.39 is 5.97 Å². The molecule has 1 N–H and O–H groups in total. The standard InChI is InChI=1S/C24H19BrN2O3/c1-30-24(29)21(16-22(28)17-10-4-2-5-11-17)26-27-23(18-12-6-3-7-13-18)19-14-8-9-15-20(19)25/h2-16,26H,1H3/b21-16-,27-23-. The van der Waals surface area contributed by atoms with Crippen molar-refractivity contribution in [3.05, 3.63) is 118 Å². The van der Waals surface area contributed by atoms with E-state index in [2.05, 4.69) is 26.5 Å². The molecular formula is C24H19BrN2O3. The van der Waals surface area contributed by atoms with Crippen molar-refractivity contribution in [2.75, 3.05) is 7.11 Å². The van der Waals surface area contributed by atoms with Gasteiger partial charge in [-0.2, -0.15) is 5.10 Å². The van der Waals surface area contributed by atoms with Gasteiger partial charge in [-0.05, 0) is 6.07 Å². The molecule has 0 unspecified atom stereocenters. The van der Waals surface area contributed by atoms with Crippen molar-refractivity contribution in [2.24, 2.45) is 5.10 Å². The largest absolute Gasteiger partial charge is 0.464 e. The number of hydrogen-bond acceptors (Lipinski definition) is 5. The van der Waals surface area contributed by atoms with Crippen molar-refractivity contribution in [2.45, 2.75) is 0 Å². The number of methoxy groups -OCH3 is 1. The van der Waals surface area contributed by atoms with E-state index in [0.717, 1.165) is 15.6 Å². The van der Waals surface area contributed by atoms with Gasteiger partial charge in [0.1, 0.15) is 5.70 Å². The lowest BCUT2D eigenvalue weighted by Gasteiger charge is -2.11. The molecule has 3 rings (SSSR count). The van der Waals surface area contributed by atoms with Gasteiger partial charge >= 0.3 is 5.97 Å². The predicted octanol–water partition coefficient (Wildman–Crippen LogP) is 4.73. The zero-order valence-corrected chi connectivity index (χ0v) is 17.8. The van der Waals surface area contributed by atoms with Crippen LogP contribution >= 0.6 is 15.9 Å². The van der Waals surface area contributed by atoms with E-state index >= 15 is 0 Å². The maximum absolute atomic E-state index is 12.5. The Labute approximate surface area is 183 Å². The molecule has 0 aliphatic carbocycles. The normalized spacial score (nSPS) is 11.7. The zero-order chi connectivity index (χ0) is 21.3. The van der Waals surface area contributed by atoms with E-state index in [1.165, 1.54) is 13.2 Å². The Kier molecular flexibility index (Phi) is 7.29. The number of ketones is 1. The third-order valence-corrected chi connectivity index (χ3v) is 4.89. The second kappa shape index (κ2) is 10.3. The minimum Gasteiger partial charge on any atom is -0.464 e. The van der Waals surface area contributed by atoms with E-state index in [1.807, 2.05) is 60.7 Å². The van der Waals surface area contributed by atoms with Crippen LogP contribution in [0.5, 0.6) is 0 Å². The van der Waals surface area contributed by atoms with Crippen molar-refractivity contribution in [3.8, 4) is 0 Å². The molecule has 0 bridgehead atoms. The van der Waals surface area contributed by atoms with Crippen molar-refractivity contribution in [3.63, 3.8) is 0 Å². The number of allylic oxidation sites excluding steroid dienone is 1. The summed E-state index contributed by atoms with van der Waals surface area (Å²) in [5.74, 6) is -1.02. The fourth-order valence-corrected chi connectivity index (χ4v) is 3.18. The highest BCUT2D eigenvalue weighted by Crippen LogP contribution is 2.20. The lowest BCUT2D eigenvalue weighted by Crippen LogP contribution is -2.21. The summed E-state index contributed by atoms with van der Waals surface area (Å²) in [4.78, 5) is 24.8. The second-order valence-corrected chi connectivity index (χ2v) is 7.05. The molecule has 0 aromatic heterocycles. The number of carbonyl (C=O) groups excluding carboxylic acids is 2. The second-order valence-electron chi connectivity index (χ2n) is 6.20. The van der Waals surface area contributed by atoms with Gasteiger partial charge in [0.2, 0.25) is 0 Å². The van der Waals surface area contributed by atoms with Crippen LogP contribution in [0.15, 0.2) is 106 Å². The minimum atomic E-state index is -0.692. The topological polar surface area (TPSA) is 67.8 Å². The van der Waals surface area contributed by atoms with E-state index in [-0.39, 0.29) is 11.5 Å². The van der Waals surface area contributed by atoms with Crippen molar-refractivity contribution in [1.29, 1.82) is 0 Å². The van der Waals surface area contributed by atoms with Crippen LogP contribution in [0.3, 0.4) is 0 Å². The van der Waals surface area contributed by atoms with Gasteiger partial charge in [0.05, 0.1) is 12.8 Å². The van der Waals surface area contributed by atoms with Crippen LogP contribution in [0, 0.1) is 0 Å². The number of rotatable bonds is 7. The number of hydrazone groups is 1. The molecule has 3 aromatic rings. The predicted molar refractivity (Wildman–Crippen MR) is 120 cm³/mol. The van der Waals surface area contributed by atoms with Crippen LogP contribution in [0.1, 0.15) is 21.5 Å². The summed E-state index contributed by atoms with van der Waals surface area (Å²) < 4.78 is 5.66. The highest BCUT2D eigenvalue weighted by atomic mass is 79.9. The van der Waals surface area contributed by atoms with Gasteiger partial charge in [0.25, 0.3) is 0 Å². The summed E-state index contributed by atoms with van der Waals surface area (Å²) in [6, 6.07) is 25.8. The SMILES string of the molecule is COC(=O)/C(=C/C(=O)c1ccccc1)N/N=C(/c1ccccc1)c1ccccc1Br. The quantitative estimate of drug-likeness (QED) is 0.181. The van der Waals surface area contributed by atoms with E-state index in [9.17, 15) is 9.59 Å². The first-order chi connectivity index (χ1) is 14.6. The molecule has 0 amide bonds. The number of esters is 1. The van der Waals surface area contributed by atoms with Gasteiger partial charge in [-0.3, -0.25) is 10.2 Å². The number of hydrogen-bond donors (Lipinski definition) is 1. The fraction of sp³-hybridized carbons (Fsp3) is 0.0417. The summed E-state index contributed by atoms with van der Waals surface area (Å²) in [5, 5.41) is 4.46. The molecule has 6 heteroatoms. The lowest BCUT2D eigenvalue weighted by atomic mass is 10.0. The van der Waals surface area contributed by atoms with Crippen molar-refractivity contribution < 1.29 is 14.3 Å². The monoisotopic (exact) mass is 462 g/mol. The smallest absolute Gasteiger partial charge is 0.356 e. The van der Waals surface area contributed by atoms with Gasteiger partial charge in [-0.25, -0.2) is 4.79 Å². The van der Waals surface area contributed by atoms with E-state index in [4.69, 9.17) is 4.74 Å². The molecule has 5 nitrogen and oxygen atoms in total. The van der Waals surface area contributed by atoms with Crippen molar-refractivity contribution >= 4 is 33.4 Å². The molecule has 30 heavy (non-hydrogen) atoms. The number of ether oxygens (including phenoxy) is 1. The Morgan fingerprint density at radius 2 is 1.43 bits per heavy atom. The Morgan fingerprint density at radius 1 is 0.867 bits per heavy atom. The maximum atomic E-state index is 12.5. The molecule has 0 saturated carbocycles. The fourth-order valence-electron chi connectivity index (χ4n) is 2.71. The summed E-state index contributed by atoms with van der Waals surface area (Å²) in [6.07, 6.45) is 1.19. The highest BCUT2D eigenvalue weighted by Gasteiger charge is 2.15. The van der Waals surface area contributed by atoms with Gasteiger partial charge in [-0.15, -0.1) is 0 Å². The first kappa shape index (κ1) is 21.2. The molecule has 0 aliphatic heterocycles. The molecule has 0 atom stereocenters.